The number of aromatic nitrogens is 2. The third-order valence-electron chi connectivity index (χ3n) is 2.13. The van der Waals surface area contributed by atoms with Crippen molar-refractivity contribution in [2.75, 3.05) is 0 Å². The van der Waals surface area contributed by atoms with Crippen LogP contribution in [0.2, 0.25) is 0 Å². The quantitative estimate of drug-likeness (QED) is 0.829. The maximum atomic E-state index is 8.99. The molecule has 5 nitrogen and oxygen atoms in total. The van der Waals surface area contributed by atoms with Gasteiger partial charge in [0.2, 0.25) is 5.88 Å². The first-order chi connectivity index (χ1) is 8.31. The van der Waals surface area contributed by atoms with Gasteiger partial charge in [0, 0.05) is 0 Å². The molecule has 1 heterocycles. The van der Waals surface area contributed by atoms with Crippen LogP contribution in [0.15, 0.2) is 36.7 Å². The molecule has 0 spiro atoms. The van der Waals surface area contributed by atoms with Crippen LogP contribution in [0.5, 0.6) is 11.6 Å². The highest BCUT2D eigenvalue weighted by molar-refractivity contribution is 5.30. The molecule has 1 aromatic heterocycles. The van der Waals surface area contributed by atoms with Gasteiger partial charge >= 0.3 is 0 Å². The molecular formula is C12H12N2O3. The summed E-state index contributed by atoms with van der Waals surface area (Å²) >= 11 is 0. The molecule has 0 aliphatic heterocycles. The van der Waals surface area contributed by atoms with Crippen molar-refractivity contribution in [3.63, 3.8) is 0 Å². The van der Waals surface area contributed by atoms with E-state index in [2.05, 4.69) is 9.97 Å². The largest absolute Gasteiger partial charge is 0.437 e. The first-order valence-electron chi connectivity index (χ1n) is 5.11. The Kier molecular flexibility index (Phi) is 3.64. The molecule has 0 fully saturated rings. The topological polar surface area (TPSA) is 75.5 Å². The Bertz CT molecular complexity index is 457. The van der Waals surface area contributed by atoms with Gasteiger partial charge in [-0.3, -0.25) is 4.98 Å². The van der Waals surface area contributed by atoms with E-state index in [1.165, 1.54) is 12.4 Å². The van der Waals surface area contributed by atoms with Crippen LogP contribution >= 0.6 is 0 Å². The second kappa shape index (κ2) is 5.38. The van der Waals surface area contributed by atoms with Crippen molar-refractivity contribution in [2.24, 2.45) is 0 Å². The number of ether oxygens (including phenoxy) is 1. The minimum atomic E-state index is -0.180. The third-order valence-corrected chi connectivity index (χ3v) is 2.13. The van der Waals surface area contributed by atoms with Crippen LogP contribution in [-0.2, 0) is 13.2 Å². The molecule has 0 atom stereocenters. The molecule has 0 saturated carbocycles. The summed E-state index contributed by atoms with van der Waals surface area (Å²) in [5.74, 6) is 0.882. The van der Waals surface area contributed by atoms with Gasteiger partial charge in [-0.25, -0.2) is 4.98 Å². The summed E-state index contributed by atoms with van der Waals surface area (Å²) < 4.78 is 5.47. The highest BCUT2D eigenvalue weighted by Gasteiger charge is 2.01. The fourth-order valence-electron chi connectivity index (χ4n) is 1.34. The number of nitrogens with zero attached hydrogens (tertiary/aromatic N) is 2. The fraction of sp³-hybridized carbons (Fsp3) is 0.167. The van der Waals surface area contributed by atoms with E-state index in [9.17, 15) is 0 Å². The predicted octanol–water partition coefficient (Wildman–Crippen LogP) is 1.25. The monoisotopic (exact) mass is 232 g/mol. The summed E-state index contributed by atoms with van der Waals surface area (Å²) in [5.41, 5.74) is 1.20. The highest BCUT2D eigenvalue weighted by atomic mass is 16.5. The average molecular weight is 232 g/mol. The van der Waals surface area contributed by atoms with Gasteiger partial charge in [0.25, 0.3) is 0 Å². The maximum Gasteiger partial charge on any atom is 0.238 e. The number of benzene rings is 1. The number of hydrogen-bond donors (Lipinski definition) is 2. The minimum Gasteiger partial charge on any atom is -0.437 e. The molecule has 0 bridgehead atoms. The SMILES string of the molecule is OCc1cccc(Oc2cncc(CO)n2)c1. The molecule has 0 aliphatic rings. The summed E-state index contributed by atoms with van der Waals surface area (Å²) in [7, 11) is 0. The van der Waals surface area contributed by atoms with Crippen LogP contribution in [-0.4, -0.2) is 20.2 Å². The van der Waals surface area contributed by atoms with E-state index < -0.39 is 0 Å². The van der Waals surface area contributed by atoms with Crippen LogP contribution in [0.4, 0.5) is 0 Å². The zero-order chi connectivity index (χ0) is 12.1. The third kappa shape index (κ3) is 2.99. The van der Waals surface area contributed by atoms with Crippen molar-refractivity contribution in [3.8, 4) is 11.6 Å². The summed E-state index contributed by atoms with van der Waals surface area (Å²) in [6.45, 7) is -0.222. The van der Waals surface area contributed by atoms with Crippen molar-refractivity contribution in [1.29, 1.82) is 0 Å². The zero-order valence-electron chi connectivity index (χ0n) is 9.08. The van der Waals surface area contributed by atoms with Crippen LogP contribution in [0.25, 0.3) is 0 Å². The molecule has 0 amide bonds. The van der Waals surface area contributed by atoms with E-state index in [1.54, 1.807) is 24.3 Å². The lowest BCUT2D eigenvalue weighted by Gasteiger charge is -2.06. The van der Waals surface area contributed by atoms with Gasteiger partial charge in [-0.15, -0.1) is 0 Å². The van der Waals surface area contributed by atoms with Crippen molar-refractivity contribution >= 4 is 0 Å². The minimum absolute atomic E-state index is 0.0421. The van der Waals surface area contributed by atoms with Crippen molar-refractivity contribution < 1.29 is 14.9 Å². The first-order valence-corrected chi connectivity index (χ1v) is 5.11. The Morgan fingerprint density at radius 2 is 2.00 bits per heavy atom. The number of hydrogen-bond acceptors (Lipinski definition) is 5. The van der Waals surface area contributed by atoms with E-state index in [4.69, 9.17) is 14.9 Å². The Labute approximate surface area is 98.4 Å². The summed E-state index contributed by atoms with van der Waals surface area (Å²) in [6, 6.07) is 7.05. The van der Waals surface area contributed by atoms with Gasteiger partial charge < -0.3 is 14.9 Å². The predicted molar refractivity (Wildman–Crippen MR) is 60.4 cm³/mol. The van der Waals surface area contributed by atoms with Crippen LogP contribution < -0.4 is 4.74 Å². The van der Waals surface area contributed by atoms with Gasteiger partial charge in [-0.05, 0) is 17.7 Å². The van der Waals surface area contributed by atoms with E-state index in [0.717, 1.165) is 5.56 Å². The van der Waals surface area contributed by atoms with Gasteiger partial charge in [-0.1, -0.05) is 12.1 Å². The zero-order valence-corrected chi connectivity index (χ0v) is 9.08. The molecule has 5 heteroatoms. The lowest BCUT2D eigenvalue weighted by atomic mass is 10.2. The molecule has 0 saturated heterocycles. The van der Waals surface area contributed by atoms with Gasteiger partial charge in [-0.2, -0.15) is 0 Å². The van der Waals surface area contributed by atoms with E-state index >= 15 is 0 Å². The highest BCUT2D eigenvalue weighted by Crippen LogP contribution is 2.20. The fourth-order valence-corrected chi connectivity index (χ4v) is 1.34. The number of rotatable bonds is 4. The summed E-state index contributed by atoms with van der Waals surface area (Å²) in [4.78, 5) is 7.94. The van der Waals surface area contributed by atoms with Crippen LogP contribution in [0.3, 0.4) is 0 Å². The average Bonchev–Trinajstić information content (AvgIpc) is 2.39. The number of aliphatic hydroxyl groups excluding tert-OH is 2. The second-order valence-corrected chi connectivity index (χ2v) is 3.41. The first kappa shape index (κ1) is 11.5. The Morgan fingerprint density at radius 1 is 1.12 bits per heavy atom. The van der Waals surface area contributed by atoms with Crippen molar-refractivity contribution in [1.82, 2.24) is 9.97 Å². The molecule has 0 radical (unpaired) electrons. The summed E-state index contributed by atoms with van der Waals surface area (Å²) in [6.07, 6.45) is 2.93. The van der Waals surface area contributed by atoms with Gasteiger partial charge in [0.1, 0.15) is 5.75 Å². The van der Waals surface area contributed by atoms with Gasteiger partial charge in [0.15, 0.2) is 0 Å². The van der Waals surface area contributed by atoms with Gasteiger partial charge in [0.05, 0.1) is 31.3 Å². The standard InChI is InChI=1S/C12H12N2O3/c15-7-9-2-1-3-11(4-9)17-12-6-13-5-10(8-16)14-12/h1-6,15-16H,7-8H2. The maximum absolute atomic E-state index is 8.99. The van der Waals surface area contributed by atoms with Crippen molar-refractivity contribution in [3.05, 3.63) is 47.9 Å². The molecule has 0 unspecified atom stereocenters. The normalized spacial score (nSPS) is 10.2. The van der Waals surface area contributed by atoms with E-state index in [0.29, 0.717) is 17.3 Å². The van der Waals surface area contributed by atoms with E-state index in [-0.39, 0.29) is 13.2 Å². The molecule has 2 aromatic rings. The smallest absolute Gasteiger partial charge is 0.238 e. The number of aliphatic hydroxyl groups is 2. The Balaban J connectivity index is 2.18. The molecular weight excluding hydrogens is 220 g/mol. The van der Waals surface area contributed by atoms with E-state index in [1.807, 2.05) is 0 Å². The molecule has 2 rings (SSSR count). The molecule has 0 aliphatic carbocycles. The molecule has 88 valence electrons. The van der Waals surface area contributed by atoms with Crippen LogP contribution in [0.1, 0.15) is 11.3 Å². The molecule has 2 N–H and O–H groups in total. The summed E-state index contributed by atoms with van der Waals surface area (Å²) in [5, 5.41) is 17.9. The molecule has 1 aromatic carbocycles. The Morgan fingerprint density at radius 3 is 2.76 bits per heavy atom. The lowest BCUT2D eigenvalue weighted by Crippen LogP contribution is -1.95. The second-order valence-electron chi connectivity index (χ2n) is 3.41. The molecule has 17 heavy (non-hydrogen) atoms. The van der Waals surface area contributed by atoms with Crippen LogP contribution in [0, 0.1) is 0 Å². The van der Waals surface area contributed by atoms with Crippen molar-refractivity contribution in [2.45, 2.75) is 13.2 Å². The lowest BCUT2D eigenvalue weighted by molar-refractivity contribution is 0.274. The Hall–Kier alpha value is -1.98.